The minimum absolute atomic E-state index is 0.0642. The maximum Gasteiger partial charge on any atom is 0.306 e. The van der Waals surface area contributed by atoms with Crippen LogP contribution in [0, 0.1) is 17.8 Å². The molecule has 0 radical (unpaired) electrons. The summed E-state index contributed by atoms with van der Waals surface area (Å²) >= 11 is 0. The van der Waals surface area contributed by atoms with Crippen molar-refractivity contribution < 1.29 is 28.6 Å². The highest BCUT2D eigenvalue weighted by atomic mass is 16.6. The monoisotopic (exact) mass is 905 g/mol. The molecule has 0 saturated heterocycles. The first-order chi connectivity index (χ1) is 31.1. The molecule has 0 aromatic rings. The topological polar surface area (TPSA) is 78.9 Å². The normalized spacial score (nSPS) is 12.6. The summed E-state index contributed by atoms with van der Waals surface area (Å²) < 4.78 is 16.9. The third-order valence-electron chi connectivity index (χ3n) is 13.5. The minimum atomic E-state index is -0.764. The fourth-order valence-corrected chi connectivity index (χ4v) is 8.79. The molecule has 0 bridgehead atoms. The minimum Gasteiger partial charge on any atom is -0.462 e. The molecular formula is C58H112O6. The fourth-order valence-electron chi connectivity index (χ4n) is 8.79. The molecule has 380 valence electrons. The van der Waals surface area contributed by atoms with Gasteiger partial charge in [-0.2, -0.15) is 0 Å². The quantitative estimate of drug-likeness (QED) is 0.0344. The number of rotatable bonds is 51. The van der Waals surface area contributed by atoms with Crippen molar-refractivity contribution in [1.29, 1.82) is 0 Å². The van der Waals surface area contributed by atoms with Crippen LogP contribution in [0.2, 0.25) is 0 Å². The van der Waals surface area contributed by atoms with Gasteiger partial charge in [-0.15, -0.1) is 0 Å². The largest absolute Gasteiger partial charge is 0.462 e. The van der Waals surface area contributed by atoms with E-state index in [0.29, 0.717) is 19.3 Å². The van der Waals surface area contributed by atoms with E-state index in [2.05, 4.69) is 41.5 Å². The molecule has 0 N–H and O–H groups in total. The molecular weight excluding hydrogens is 793 g/mol. The first kappa shape index (κ1) is 62.4. The summed E-state index contributed by atoms with van der Waals surface area (Å²) in [6.45, 7) is 13.8. The molecule has 0 aliphatic carbocycles. The zero-order valence-electron chi connectivity index (χ0n) is 44.1. The van der Waals surface area contributed by atoms with E-state index in [-0.39, 0.29) is 31.1 Å². The molecule has 0 amide bonds. The van der Waals surface area contributed by atoms with Gasteiger partial charge in [-0.25, -0.2) is 0 Å². The number of hydrogen-bond donors (Lipinski definition) is 0. The lowest BCUT2D eigenvalue weighted by atomic mass is 9.99. The van der Waals surface area contributed by atoms with Crippen LogP contribution in [0.4, 0.5) is 0 Å². The molecule has 64 heavy (non-hydrogen) atoms. The Kier molecular flexibility index (Phi) is 48.1. The van der Waals surface area contributed by atoms with Crippen molar-refractivity contribution in [2.45, 2.75) is 324 Å². The summed E-state index contributed by atoms with van der Waals surface area (Å²) in [5, 5.41) is 0. The Balaban J connectivity index is 4.23. The summed E-state index contributed by atoms with van der Waals surface area (Å²) in [5.74, 6) is 1.67. The van der Waals surface area contributed by atoms with Gasteiger partial charge in [0.1, 0.15) is 13.2 Å². The lowest BCUT2D eigenvalue weighted by molar-refractivity contribution is -0.167. The van der Waals surface area contributed by atoms with Crippen molar-refractivity contribution in [2.24, 2.45) is 17.8 Å². The SMILES string of the molecule is CCC(C)CCCCCCCCCCC(=O)O[C@H](COC(=O)CCCCCCCCCCCCCCCCCCCCC(C)C)COC(=O)CCCCCCCCCCCCC(C)C. The van der Waals surface area contributed by atoms with Gasteiger partial charge in [-0.3, -0.25) is 14.4 Å². The third-order valence-corrected chi connectivity index (χ3v) is 13.5. The van der Waals surface area contributed by atoms with Gasteiger partial charge < -0.3 is 14.2 Å². The van der Waals surface area contributed by atoms with Crippen LogP contribution < -0.4 is 0 Å². The van der Waals surface area contributed by atoms with Crippen LogP contribution in [0.25, 0.3) is 0 Å². The second kappa shape index (κ2) is 49.3. The van der Waals surface area contributed by atoms with Crippen molar-refractivity contribution in [3.8, 4) is 0 Å². The zero-order chi connectivity index (χ0) is 47.0. The van der Waals surface area contributed by atoms with Crippen LogP contribution in [0.5, 0.6) is 0 Å². The molecule has 0 rings (SSSR count). The molecule has 0 aliphatic heterocycles. The summed E-state index contributed by atoms with van der Waals surface area (Å²) in [6, 6.07) is 0. The Morgan fingerprint density at radius 3 is 0.812 bits per heavy atom. The van der Waals surface area contributed by atoms with Gasteiger partial charge >= 0.3 is 17.9 Å². The maximum atomic E-state index is 12.8. The average molecular weight is 906 g/mol. The van der Waals surface area contributed by atoms with E-state index in [1.807, 2.05) is 0 Å². The predicted molar refractivity (Wildman–Crippen MR) is 275 cm³/mol. The van der Waals surface area contributed by atoms with Crippen molar-refractivity contribution in [3.05, 3.63) is 0 Å². The molecule has 0 fully saturated rings. The number of esters is 3. The van der Waals surface area contributed by atoms with Crippen molar-refractivity contribution in [1.82, 2.24) is 0 Å². The van der Waals surface area contributed by atoms with Crippen LogP contribution in [0.3, 0.4) is 0 Å². The number of hydrogen-bond acceptors (Lipinski definition) is 6. The van der Waals surface area contributed by atoms with Crippen molar-refractivity contribution in [3.63, 3.8) is 0 Å². The van der Waals surface area contributed by atoms with Gasteiger partial charge in [0, 0.05) is 19.3 Å². The van der Waals surface area contributed by atoms with E-state index in [1.54, 1.807) is 0 Å². The van der Waals surface area contributed by atoms with E-state index < -0.39 is 6.10 Å². The lowest BCUT2D eigenvalue weighted by Crippen LogP contribution is -2.30. The molecule has 0 aromatic heterocycles. The number of unbranched alkanes of at least 4 members (excludes halogenated alkanes) is 33. The highest BCUT2D eigenvalue weighted by Crippen LogP contribution is 2.19. The Hall–Kier alpha value is -1.59. The highest BCUT2D eigenvalue weighted by Gasteiger charge is 2.19. The highest BCUT2D eigenvalue weighted by molar-refractivity contribution is 5.71. The Morgan fingerprint density at radius 1 is 0.312 bits per heavy atom. The predicted octanol–water partition coefficient (Wildman–Crippen LogP) is 18.7. The second-order valence-corrected chi connectivity index (χ2v) is 21.1. The molecule has 6 nitrogen and oxygen atoms in total. The summed E-state index contributed by atoms with van der Waals surface area (Å²) in [7, 11) is 0. The molecule has 0 aliphatic rings. The van der Waals surface area contributed by atoms with Gasteiger partial charge in [-0.05, 0) is 37.0 Å². The average Bonchev–Trinajstić information content (AvgIpc) is 3.27. The van der Waals surface area contributed by atoms with Crippen molar-refractivity contribution in [2.75, 3.05) is 13.2 Å². The number of carbonyl (C=O) groups excluding carboxylic acids is 3. The maximum absolute atomic E-state index is 12.8. The molecule has 0 heterocycles. The van der Waals surface area contributed by atoms with E-state index >= 15 is 0 Å². The molecule has 0 spiro atoms. The Morgan fingerprint density at radius 2 is 0.547 bits per heavy atom. The zero-order valence-corrected chi connectivity index (χ0v) is 44.1. The Bertz CT molecular complexity index is 993. The Labute approximate surface area is 399 Å². The van der Waals surface area contributed by atoms with Crippen LogP contribution in [-0.4, -0.2) is 37.2 Å². The van der Waals surface area contributed by atoms with Crippen LogP contribution in [0.1, 0.15) is 318 Å². The van der Waals surface area contributed by atoms with Gasteiger partial charge in [-0.1, -0.05) is 279 Å². The number of ether oxygens (including phenoxy) is 3. The van der Waals surface area contributed by atoms with E-state index in [1.165, 1.54) is 199 Å². The second-order valence-electron chi connectivity index (χ2n) is 21.1. The van der Waals surface area contributed by atoms with Crippen molar-refractivity contribution >= 4 is 17.9 Å². The fraction of sp³-hybridized carbons (Fsp3) is 0.948. The van der Waals surface area contributed by atoms with Crippen LogP contribution in [0.15, 0.2) is 0 Å². The number of carbonyl (C=O) groups is 3. The molecule has 0 saturated carbocycles. The summed E-state index contributed by atoms with van der Waals surface area (Å²) in [4.78, 5) is 38.1. The van der Waals surface area contributed by atoms with Crippen LogP contribution >= 0.6 is 0 Å². The van der Waals surface area contributed by atoms with Gasteiger partial charge in [0.25, 0.3) is 0 Å². The van der Waals surface area contributed by atoms with Gasteiger partial charge in [0.15, 0.2) is 6.10 Å². The van der Waals surface area contributed by atoms with Gasteiger partial charge in [0.2, 0.25) is 0 Å². The third kappa shape index (κ3) is 49.8. The summed E-state index contributed by atoms with van der Waals surface area (Å²) in [6.07, 6.45) is 51.0. The lowest BCUT2D eigenvalue weighted by Gasteiger charge is -2.18. The first-order valence-electron chi connectivity index (χ1n) is 28.6. The molecule has 6 heteroatoms. The summed E-state index contributed by atoms with van der Waals surface area (Å²) in [5.41, 5.74) is 0. The smallest absolute Gasteiger partial charge is 0.306 e. The van der Waals surface area contributed by atoms with E-state index in [4.69, 9.17) is 14.2 Å². The molecule has 0 aromatic carbocycles. The van der Waals surface area contributed by atoms with Gasteiger partial charge in [0.05, 0.1) is 0 Å². The molecule has 1 unspecified atom stereocenters. The van der Waals surface area contributed by atoms with E-state index in [9.17, 15) is 14.4 Å². The van der Waals surface area contributed by atoms with Crippen LogP contribution in [-0.2, 0) is 28.6 Å². The standard InChI is InChI=1S/C58H112O6/c1-7-54(6)46-40-34-28-24-25-31-37-43-49-58(61)64-55(51-63-57(60)48-42-36-30-23-19-18-21-27-33-39-45-53(4)5)50-62-56(59)47-41-35-29-22-17-15-13-11-9-8-10-12-14-16-20-26-32-38-44-52(2)3/h52-55H,7-51H2,1-6H3/t54?,55-/m1/s1. The molecule has 2 atom stereocenters. The van der Waals surface area contributed by atoms with E-state index in [0.717, 1.165) is 75.5 Å². The first-order valence-corrected chi connectivity index (χ1v) is 28.6.